The average molecular weight is 245 g/mol. The van der Waals surface area contributed by atoms with E-state index in [1.807, 2.05) is 6.92 Å². The molecule has 1 aliphatic heterocycles. The van der Waals surface area contributed by atoms with Gasteiger partial charge in [-0.05, 0) is 38.7 Å². The predicted octanol–water partition coefficient (Wildman–Crippen LogP) is 1.22. The summed E-state index contributed by atoms with van der Waals surface area (Å²) in [6, 6.07) is 4.03. The van der Waals surface area contributed by atoms with Gasteiger partial charge >= 0.3 is 0 Å². The Morgan fingerprint density at radius 3 is 2.67 bits per heavy atom. The Morgan fingerprint density at radius 2 is 2.11 bits per heavy atom. The summed E-state index contributed by atoms with van der Waals surface area (Å²) >= 11 is 0. The van der Waals surface area contributed by atoms with Crippen molar-refractivity contribution in [2.24, 2.45) is 11.7 Å². The van der Waals surface area contributed by atoms with Gasteiger partial charge in [-0.3, -0.25) is 0 Å². The Balaban J connectivity index is 2.10. The Kier molecular flexibility index (Phi) is 3.78. The summed E-state index contributed by atoms with van der Waals surface area (Å²) in [6.45, 7) is 5.79. The van der Waals surface area contributed by atoms with Crippen LogP contribution in [0.15, 0.2) is 6.07 Å². The lowest BCUT2D eigenvalue weighted by atomic mass is 9.91. The molecule has 18 heavy (non-hydrogen) atoms. The van der Waals surface area contributed by atoms with Crippen LogP contribution in [0.5, 0.6) is 0 Å². The highest BCUT2D eigenvalue weighted by Crippen LogP contribution is 2.22. The first kappa shape index (κ1) is 12.8. The number of hydrogen-bond donors (Lipinski definition) is 1. The summed E-state index contributed by atoms with van der Waals surface area (Å²) in [6.07, 6.45) is 2.13. The van der Waals surface area contributed by atoms with Crippen molar-refractivity contribution in [1.29, 1.82) is 5.26 Å². The number of aromatic nitrogens is 2. The number of anilines is 1. The maximum Gasteiger partial charge on any atom is 0.226 e. The molecule has 1 aliphatic rings. The minimum absolute atomic E-state index is 0.250. The van der Waals surface area contributed by atoms with Gasteiger partial charge in [0.15, 0.2) is 0 Å². The molecule has 2 heterocycles. The first-order valence-corrected chi connectivity index (χ1v) is 6.36. The SMILES string of the molecule is Cc1cc(C#N)nc(N2CCC(C(C)N)CC2)n1. The second-order valence-corrected chi connectivity index (χ2v) is 4.99. The molecule has 1 fully saturated rings. The van der Waals surface area contributed by atoms with Gasteiger partial charge in [0.2, 0.25) is 5.95 Å². The highest BCUT2D eigenvalue weighted by molar-refractivity contribution is 5.36. The van der Waals surface area contributed by atoms with E-state index in [0.29, 0.717) is 17.6 Å². The van der Waals surface area contributed by atoms with Gasteiger partial charge in [-0.1, -0.05) is 0 Å². The third-order valence-corrected chi connectivity index (χ3v) is 3.52. The fraction of sp³-hybridized carbons (Fsp3) is 0.615. The molecule has 0 aliphatic carbocycles. The fourth-order valence-corrected chi connectivity index (χ4v) is 2.38. The van der Waals surface area contributed by atoms with Crippen molar-refractivity contribution in [3.8, 4) is 6.07 Å². The van der Waals surface area contributed by atoms with Crippen molar-refractivity contribution >= 4 is 5.95 Å². The molecule has 1 saturated heterocycles. The summed E-state index contributed by atoms with van der Waals surface area (Å²) in [7, 11) is 0. The molecule has 2 rings (SSSR count). The fourth-order valence-electron chi connectivity index (χ4n) is 2.38. The van der Waals surface area contributed by atoms with Crippen molar-refractivity contribution in [2.75, 3.05) is 18.0 Å². The molecule has 96 valence electrons. The van der Waals surface area contributed by atoms with Crippen LogP contribution in [0.25, 0.3) is 0 Å². The largest absolute Gasteiger partial charge is 0.341 e. The molecule has 0 radical (unpaired) electrons. The highest BCUT2D eigenvalue weighted by Gasteiger charge is 2.23. The molecule has 1 aromatic rings. The zero-order valence-corrected chi connectivity index (χ0v) is 10.9. The van der Waals surface area contributed by atoms with E-state index in [0.717, 1.165) is 31.6 Å². The van der Waals surface area contributed by atoms with E-state index in [4.69, 9.17) is 11.0 Å². The molecule has 1 aromatic heterocycles. The summed E-state index contributed by atoms with van der Waals surface area (Å²) < 4.78 is 0. The average Bonchev–Trinajstić information content (AvgIpc) is 2.38. The van der Waals surface area contributed by atoms with Crippen molar-refractivity contribution in [3.63, 3.8) is 0 Å². The zero-order chi connectivity index (χ0) is 13.1. The molecule has 0 saturated carbocycles. The van der Waals surface area contributed by atoms with Gasteiger partial charge in [-0.15, -0.1) is 0 Å². The molecule has 1 atom stereocenters. The topological polar surface area (TPSA) is 78.8 Å². The molecule has 0 amide bonds. The van der Waals surface area contributed by atoms with Gasteiger partial charge in [0, 0.05) is 24.8 Å². The van der Waals surface area contributed by atoms with Crippen LogP contribution in [-0.2, 0) is 0 Å². The molecule has 0 aromatic carbocycles. The maximum atomic E-state index is 8.92. The minimum Gasteiger partial charge on any atom is -0.341 e. The summed E-state index contributed by atoms with van der Waals surface area (Å²) in [4.78, 5) is 10.8. The van der Waals surface area contributed by atoms with Crippen LogP contribution in [0, 0.1) is 24.2 Å². The summed E-state index contributed by atoms with van der Waals surface area (Å²) in [5, 5.41) is 8.92. The quantitative estimate of drug-likeness (QED) is 0.847. The summed E-state index contributed by atoms with van der Waals surface area (Å²) in [5.74, 6) is 1.26. The first-order chi connectivity index (χ1) is 8.60. The first-order valence-electron chi connectivity index (χ1n) is 6.36. The van der Waals surface area contributed by atoms with Crippen molar-refractivity contribution in [1.82, 2.24) is 9.97 Å². The monoisotopic (exact) mass is 245 g/mol. The van der Waals surface area contributed by atoms with Gasteiger partial charge in [-0.25, -0.2) is 9.97 Å². The van der Waals surface area contributed by atoms with E-state index in [1.165, 1.54) is 0 Å². The molecular formula is C13H19N5. The zero-order valence-electron chi connectivity index (χ0n) is 10.9. The minimum atomic E-state index is 0.250. The van der Waals surface area contributed by atoms with Gasteiger partial charge in [0.05, 0.1) is 0 Å². The van der Waals surface area contributed by atoms with Gasteiger partial charge in [-0.2, -0.15) is 5.26 Å². The Labute approximate surface area is 108 Å². The number of hydrogen-bond acceptors (Lipinski definition) is 5. The molecular weight excluding hydrogens is 226 g/mol. The van der Waals surface area contributed by atoms with E-state index in [2.05, 4.69) is 27.9 Å². The number of aryl methyl sites for hydroxylation is 1. The number of rotatable bonds is 2. The maximum absolute atomic E-state index is 8.92. The van der Waals surface area contributed by atoms with Crippen LogP contribution < -0.4 is 10.6 Å². The Hall–Kier alpha value is -1.67. The molecule has 2 N–H and O–H groups in total. The van der Waals surface area contributed by atoms with Crippen molar-refractivity contribution in [2.45, 2.75) is 32.7 Å². The number of nitriles is 1. The van der Waals surface area contributed by atoms with Gasteiger partial charge < -0.3 is 10.6 Å². The lowest BCUT2D eigenvalue weighted by molar-refractivity contribution is 0.352. The normalized spacial score (nSPS) is 18.4. The van der Waals surface area contributed by atoms with Crippen LogP contribution >= 0.6 is 0 Å². The Morgan fingerprint density at radius 1 is 1.44 bits per heavy atom. The third kappa shape index (κ3) is 2.77. The van der Waals surface area contributed by atoms with Crippen molar-refractivity contribution in [3.05, 3.63) is 17.5 Å². The van der Waals surface area contributed by atoms with Crippen LogP contribution in [0.2, 0.25) is 0 Å². The molecule has 5 nitrogen and oxygen atoms in total. The highest BCUT2D eigenvalue weighted by atomic mass is 15.3. The number of piperidine rings is 1. The predicted molar refractivity (Wildman–Crippen MR) is 70.1 cm³/mol. The Bertz CT molecular complexity index is 455. The molecule has 1 unspecified atom stereocenters. The van der Waals surface area contributed by atoms with E-state index < -0.39 is 0 Å². The van der Waals surface area contributed by atoms with Crippen LogP contribution in [0.1, 0.15) is 31.2 Å². The van der Waals surface area contributed by atoms with Crippen LogP contribution in [-0.4, -0.2) is 29.1 Å². The van der Waals surface area contributed by atoms with E-state index >= 15 is 0 Å². The van der Waals surface area contributed by atoms with Crippen LogP contribution in [0.4, 0.5) is 5.95 Å². The second kappa shape index (κ2) is 5.32. The van der Waals surface area contributed by atoms with Gasteiger partial charge in [0.1, 0.15) is 11.8 Å². The van der Waals surface area contributed by atoms with Gasteiger partial charge in [0.25, 0.3) is 0 Å². The summed E-state index contributed by atoms with van der Waals surface area (Å²) in [5.41, 5.74) is 7.20. The van der Waals surface area contributed by atoms with Crippen molar-refractivity contribution < 1.29 is 0 Å². The molecule has 5 heteroatoms. The van der Waals surface area contributed by atoms with E-state index in [9.17, 15) is 0 Å². The van der Waals surface area contributed by atoms with E-state index in [1.54, 1.807) is 6.07 Å². The smallest absolute Gasteiger partial charge is 0.226 e. The van der Waals surface area contributed by atoms with E-state index in [-0.39, 0.29) is 6.04 Å². The number of nitrogens with zero attached hydrogens (tertiary/aromatic N) is 4. The number of nitrogens with two attached hydrogens (primary N) is 1. The lowest BCUT2D eigenvalue weighted by Crippen LogP contribution is -2.40. The standard InChI is InChI=1S/C13H19N5/c1-9-7-12(8-14)17-13(16-9)18-5-3-11(4-6-18)10(2)15/h7,10-11H,3-6,15H2,1-2H3. The molecule has 0 spiro atoms. The third-order valence-electron chi connectivity index (χ3n) is 3.52. The second-order valence-electron chi connectivity index (χ2n) is 4.99. The van der Waals surface area contributed by atoms with Crippen LogP contribution in [0.3, 0.4) is 0 Å². The lowest BCUT2D eigenvalue weighted by Gasteiger charge is -2.33. The molecule has 0 bridgehead atoms.